The van der Waals surface area contributed by atoms with Gasteiger partial charge in [-0.15, -0.1) is 0 Å². The van der Waals surface area contributed by atoms with Gasteiger partial charge in [-0.05, 0) is 6.42 Å². The molecule has 0 saturated heterocycles. The molecule has 0 aromatic carbocycles. The topological polar surface area (TPSA) is 72.5 Å². The summed E-state index contributed by atoms with van der Waals surface area (Å²) in [5.41, 5.74) is 5.05. The van der Waals surface area contributed by atoms with Crippen LogP contribution < -0.4 is 5.73 Å². The van der Waals surface area contributed by atoms with E-state index in [4.69, 9.17) is 15.2 Å². The molecule has 0 aromatic heterocycles. The van der Waals surface area contributed by atoms with Crippen molar-refractivity contribution in [2.45, 2.75) is 45.4 Å². The van der Waals surface area contributed by atoms with Gasteiger partial charge in [0.05, 0.1) is 12.9 Å². The largest absolute Gasteiger partial charge is 0.341 e. The summed E-state index contributed by atoms with van der Waals surface area (Å²) in [5.74, 6) is 0. The van der Waals surface area contributed by atoms with Crippen molar-refractivity contribution in [1.29, 1.82) is 0 Å². The maximum absolute atomic E-state index is 10.9. The minimum Gasteiger partial charge on any atom is -0.323 e. The first-order valence-corrected chi connectivity index (χ1v) is 7.05. The number of unbranched alkanes of at least 4 members (excludes halogenated alkanes) is 5. The Hall–Kier alpha value is 0.110. The van der Waals surface area contributed by atoms with E-state index in [0.717, 1.165) is 12.8 Å². The number of hydrogen-bond donors (Lipinski definition) is 2. The van der Waals surface area contributed by atoms with E-state index in [0.29, 0.717) is 6.61 Å². The van der Waals surface area contributed by atoms with Crippen LogP contribution in [0.5, 0.6) is 0 Å². The smallest absolute Gasteiger partial charge is 0.323 e. The van der Waals surface area contributed by atoms with Gasteiger partial charge in [0.1, 0.15) is 0 Å². The van der Waals surface area contributed by atoms with Gasteiger partial charge in [-0.2, -0.15) is 0 Å². The summed E-state index contributed by atoms with van der Waals surface area (Å²) in [6.45, 7) is 2.52. The van der Waals surface area contributed by atoms with Crippen LogP contribution in [0.1, 0.15) is 45.4 Å². The fourth-order valence-electron chi connectivity index (χ4n) is 1.14. The summed E-state index contributed by atoms with van der Waals surface area (Å²) in [7, 11) is -3.46. The molecule has 0 rings (SSSR count). The van der Waals surface area contributed by atoms with E-state index < -0.39 is 7.60 Å². The van der Waals surface area contributed by atoms with Crippen molar-refractivity contribution >= 4 is 7.60 Å². The molecule has 0 saturated carbocycles. The summed E-state index contributed by atoms with van der Waals surface area (Å²) >= 11 is 0. The molecule has 5 heteroatoms. The highest BCUT2D eigenvalue weighted by molar-refractivity contribution is 7.52. The monoisotopic (exact) mass is 223 g/mol. The minimum atomic E-state index is -3.46. The number of nitrogens with two attached hydrogens (primary N) is 1. The molecule has 0 bridgehead atoms. The van der Waals surface area contributed by atoms with E-state index in [9.17, 15) is 4.57 Å². The van der Waals surface area contributed by atoms with Crippen molar-refractivity contribution in [3.63, 3.8) is 0 Å². The highest BCUT2D eigenvalue weighted by Gasteiger charge is 2.14. The summed E-state index contributed by atoms with van der Waals surface area (Å²) in [6, 6.07) is 0. The van der Waals surface area contributed by atoms with Crippen LogP contribution in [0.2, 0.25) is 0 Å². The molecule has 0 amide bonds. The van der Waals surface area contributed by atoms with Gasteiger partial charge in [-0.3, -0.25) is 4.57 Å². The zero-order valence-electron chi connectivity index (χ0n) is 8.95. The zero-order valence-corrected chi connectivity index (χ0v) is 9.84. The normalized spacial score (nSPS) is 15.4. The minimum absolute atomic E-state index is 0.289. The van der Waals surface area contributed by atoms with Gasteiger partial charge in [-0.1, -0.05) is 39.0 Å². The quantitative estimate of drug-likeness (QED) is 0.465. The van der Waals surface area contributed by atoms with Crippen molar-refractivity contribution in [3.8, 4) is 0 Å². The third-order valence-corrected chi connectivity index (χ3v) is 3.07. The van der Waals surface area contributed by atoms with Gasteiger partial charge in [0, 0.05) is 0 Å². The van der Waals surface area contributed by atoms with Gasteiger partial charge < -0.3 is 15.2 Å². The Kier molecular flexibility index (Phi) is 8.49. The third kappa shape index (κ3) is 8.70. The Bertz CT molecular complexity index is 175. The first kappa shape index (κ1) is 14.1. The molecule has 0 aliphatic carbocycles. The Morgan fingerprint density at radius 2 is 1.79 bits per heavy atom. The molecule has 0 aliphatic rings. The van der Waals surface area contributed by atoms with Crippen LogP contribution >= 0.6 is 7.60 Å². The summed E-state index contributed by atoms with van der Waals surface area (Å²) in [6.07, 6.45) is 6.53. The van der Waals surface area contributed by atoms with Crippen LogP contribution in [0, 0.1) is 0 Å². The van der Waals surface area contributed by atoms with Crippen LogP contribution in [0.3, 0.4) is 0 Å². The van der Waals surface area contributed by atoms with Gasteiger partial charge in [-0.25, -0.2) is 0 Å². The SMILES string of the molecule is CCCCCCCCOP(=O)(O)CN. The molecule has 1 unspecified atom stereocenters. The molecular formula is C9H22NO3P. The number of hydrogen-bond acceptors (Lipinski definition) is 3. The first-order chi connectivity index (χ1) is 6.62. The lowest BCUT2D eigenvalue weighted by molar-refractivity contribution is 0.253. The van der Waals surface area contributed by atoms with Gasteiger partial charge in [0.25, 0.3) is 0 Å². The standard InChI is InChI=1S/C9H22NO3P/c1-2-3-4-5-6-7-8-13-14(11,12)9-10/h2-10H2,1H3,(H,11,12). The van der Waals surface area contributed by atoms with Gasteiger partial charge in [0.15, 0.2) is 0 Å². The predicted molar refractivity (Wildman–Crippen MR) is 58.2 cm³/mol. The van der Waals surface area contributed by atoms with Gasteiger partial charge >= 0.3 is 7.60 Å². The molecule has 0 spiro atoms. The van der Waals surface area contributed by atoms with Gasteiger partial charge in [0.2, 0.25) is 0 Å². The molecule has 0 fully saturated rings. The Morgan fingerprint density at radius 3 is 2.36 bits per heavy atom. The molecule has 1 atom stereocenters. The maximum Gasteiger partial charge on any atom is 0.341 e. The molecule has 0 aromatic rings. The average molecular weight is 223 g/mol. The van der Waals surface area contributed by atoms with Crippen LogP contribution in [-0.2, 0) is 9.09 Å². The lowest BCUT2D eigenvalue weighted by Gasteiger charge is -2.08. The molecule has 4 nitrogen and oxygen atoms in total. The Labute approximate surface area is 86.4 Å². The van der Waals surface area contributed by atoms with Crippen molar-refractivity contribution in [2.24, 2.45) is 5.73 Å². The van der Waals surface area contributed by atoms with Crippen LogP contribution in [-0.4, -0.2) is 17.8 Å². The lowest BCUT2D eigenvalue weighted by Crippen LogP contribution is -2.04. The van der Waals surface area contributed by atoms with E-state index in [1.165, 1.54) is 25.7 Å². The second-order valence-corrected chi connectivity index (χ2v) is 5.32. The Morgan fingerprint density at radius 1 is 1.21 bits per heavy atom. The number of rotatable bonds is 9. The van der Waals surface area contributed by atoms with E-state index in [2.05, 4.69) is 6.92 Å². The molecule has 0 heterocycles. The third-order valence-electron chi connectivity index (χ3n) is 2.02. The predicted octanol–water partition coefficient (Wildman–Crippen LogP) is 2.47. The van der Waals surface area contributed by atoms with Crippen LogP contribution in [0.15, 0.2) is 0 Å². The first-order valence-electron chi connectivity index (χ1n) is 5.29. The second kappa shape index (κ2) is 8.42. The molecule has 3 N–H and O–H groups in total. The fraction of sp³-hybridized carbons (Fsp3) is 1.00. The zero-order chi connectivity index (χ0) is 10.9. The summed E-state index contributed by atoms with van der Waals surface area (Å²) in [4.78, 5) is 8.97. The molecule has 14 heavy (non-hydrogen) atoms. The fourth-order valence-corrected chi connectivity index (χ4v) is 1.66. The molecular weight excluding hydrogens is 201 g/mol. The van der Waals surface area contributed by atoms with E-state index >= 15 is 0 Å². The van der Waals surface area contributed by atoms with Crippen molar-refractivity contribution in [1.82, 2.24) is 0 Å². The summed E-state index contributed by atoms with van der Waals surface area (Å²) in [5, 5.41) is 0. The van der Waals surface area contributed by atoms with Crippen molar-refractivity contribution in [3.05, 3.63) is 0 Å². The highest BCUT2D eigenvalue weighted by Crippen LogP contribution is 2.39. The summed E-state index contributed by atoms with van der Waals surface area (Å²) < 4.78 is 15.7. The maximum atomic E-state index is 10.9. The van der Waals surface area contributed by atoms with E-state index in [1.54, 1.807) is 0 Å². The van der Waals surface area contributed by atoms with E-state index in [1.807, 2.05) is 0 Å². The van der Waals surface area contributed by atoms with Crippen LogP contribution in [0.25, 0.3) is 0 Å². The molecule has 0 radical (unpaired) electrons. The average Bonchev–Trinajstić information content (AvgIpc) is 2.16. The molecule has 86 valence electrons. The Balaban J connectivity index is 3.17. The van der Waals surface area contributed by atoms with Crippen molar-refractivity contribution in [2.75, 3.05) is 12.9 Å². The highest BCUT2D eigenvalue weighted by atomic mass is 31.2. The van der Waals surface area contributed by atoms with E-state index in [-0.39, 0.29) is 6.29 Å². The molecule has 0 aliphatic heterocycles. The van der Waals surface area contributed by atoms with Crippen LogP contribution in [0.4, 0.5) is 0 Å². The second-order valence-electron chi connectivity index (χ2n) is 3.42. The lowest BCUT2D eigenvalue weighted by atomic mass is 10.1. The van der Waals surface area contributed by atoms with Crippen molar-refractivity contribution < 1.29 is 14.0 Å².